The maximum atomic E-state index is 12.4. The van der Waals surface area contributed by atoms with E-state index in [1.165, 1.54) is 16.2 Å². The highest BCUT2D eigenvalue weighted by Gasteiger charge is 2.19. The van der Waals surface area contributed by atoms with Crippen LogP contribution in [0.2, 0.25) is 0 Å². The molecule has 2 aromatic heterocycles. The summed E-state index contributed by atoms with van der Waals surface area (Å²) >= 11 is 2.87. The number of nitrogens with zero attached hydrogens (tertiary/aromatic N) is 1. The normalized spacial score (nSPS) is 11.3. The van der Waals surface area contributed by atoms with Crippen molar-refractivity contribution in [1.82, 2.24) is 9.97 Å². The van der Waals surface area contributed by atoms with Crippen LogP contribution in [-0.2, 0) is 4.74 Å². The Bertz CT molecular complexity index is 1030. The van der Waals surface area contributed by atoms with Gasteiger partial charge in [0, 0.05) is 4.90 Å². The molecule has 0 saturated heterocycles. The number of aryl methyl sites for hydroxylation is 1. The van der Waals surface area contributed by atoms with E-state index in [-0.39, 0.29) is 5.56 Å². The van der Waals surface area contributed by atoms with Gasteiger partial charge in [-0.1, -0.05) is 18.2 Å². The molecule has 0 fully saturated rings. The Labute approximate surface area is 159 Å². The first-order chi connectivity index (χ1) is 12.5. The summed E-state index contributed by atoms with van der Waals surface area (Å²) in [5.41, 5.74) is 1.37. The number of thiophene rings is 1. The standard InChI is InChI=1S/C19H18N2O3S2/c1-4-24-19(23)16-11(2)15-17(22)20-14(21-18(15)26-16)10-7-12-5-8-13(25-3)9-6-12/h5-10H,4H2,1-3H3,(H,20,21,22)/b10-7+. The minimum absolute atomic E-state index is 0.253. The van der Waals surface area contributed by atoms with E-state index in [4.69, 9.17) is 4.74 Å². The third-order valence-electron chi connectivity index (χ3n) is 3.83. The number of aromatic amines is 1. The molecule has 7 heteroatoms. The van der Waals surface area contributed by atoms with E-state index in [0.29, 0.717) is 33.1 Å². The number of thioether (sulfide) groups is 1. The monoisotopic (exact) mass is 386 g/mol. The number of esters is 1. The summed E-state index contributed by atoms with van der Waals surface area (Å²) in [6.07, 6.45) is 5.68. The van der Waals surface area contributed by atoms with Crippen molar-refractivity contribution < 1.29 is 9.53 Å². The van der Waals surface area contributed by atoms with Gasteiger partial charge in [0.25, 0.3) is 5.56 Å². The Kier molecular flexibility index (Phi) is 5.58. The second-order valence-electron chi connectivity index (χ2n) is 5.51. The van der Waals surface area contributed by atoms with E-state index < -0.39 is 5.97 Å². The first-order valence-electron chi connectivity index (χ1n) is 8.06. The summed E-state index contributed by atoms with van der Waals surface area (Å²) in [7, 11) is 0. The van der Waals surface area contributed by atoms with Crippen molar-refractivity contribution in [1.29, 1.82) is 0 Å². The Morgan fingerprint density at radius 1 is 1.31 bits per heavy atom. The molecule has 0 saturated carbocycles. The van der Waals surface area contributed by atoms with Crippen LogP contribution < -0.4 is 5.56 Å². The first-order valence-corrected chi connectivity index (χ1v) is 10.1. The van der Waals surface area contributed by atoms with Crippen molar-refractivity contribution >= 4 is 51.4 Å². The van der Waals surface area contributed by atoms with Gasteiger partial charge in [-0.05, 0) is 49.4 Å². The lowest BCUT2D eigenvalue weighted by molar-refractivity contribution is 0.0531. The number of hydrogen-bond acceptors (Lipinski definition) is 6. The predicted octanol–water partition coefficient (Wildman–Crippen LogP) is 4.36. The summed E-state index contributed by atoms with van der Waals surface area (Å²) < 4.78 is 5.05. The number of ether oxygens (including phenoxy) is 1. The van der Waals surface area contributed by atoms with Crippen molar-refractivity contribution in [2.75, 3.05) is 12.9 Å². The van der Waals surface area contributed by atoms with E-state index in [2.05, 4.69) is 9.97 Å². The highest BCUT2D eigenvalue weighted by molar-refractivity contribution is 7.98. The zero-order valence-electron chi connectivity index (χ0n) is 14.7. The minimum Gasteiger partial charge on any atom is -0.462 e. The van der Waals surface area contributed by atoms with E-state index in [9.17, 15) is 9.59 Å². The second kappa shape index (κ2) is 7.88. The fourth-order valence-corrected chi connectivity index (χ4v) is 4.01. The van der Waals surface area contributed by atoms with Crippen LogP contribution in [0.4, 0.5) is 0 Å². The van der Waals surface area contributed by atoms with Crippen LogP contribution >= 0.6 is 23.1 Å². The van der Waals surface area contributed by atoms with Crippen LogP contribution in [0.25, 0.3) is 22.4 Å². The average molecular weight is 386 g/mol. The molecule has 0 amide bonds. The number of benzene rings is 1. The summed E-state index contributed by atoms with van der Waals surface area (Å²) in [5.74, 6) is 0.0338. The number of aromatic nitrogens is 2. The number of fused-ring (bicyclic) bond motifs is 1. The average Bonchev–Trinajstić information content (AvgIpc) is 2.98. The van der Waals surface area contributed by atoms with Gasteiger partial charge in [-0.15, -0.1) is 23.1 Å². The molecule has 5 nitrogen and oxygen atoms in total. The molecule has 2 heterocycles. The van der Waals surface area contributed by atoms with Gasteiger partial charge in [0.1, 0.15) is 15.5 Å². The molecule has 0 bridgehead atoms. The molecule has 1 N–H and O–H groups in total. The number of carbonyl (C=O) groups is 1. The molecule has 0 aliphatic rings. The van der Waals surface area contributed by atoms with E-state index >= 15 is 0 Å². The lowest BCUT2D eigenvalue weighted by Gasteiger charge is -1.99. The molecule has 0 spiro atoms. The maximum Gasteiger partial charge on any atom is 0.348 e. The Morgan fingerprint density at radius 3 is 2.69 bits per heavy atom. The summed E-state index contributed by atoms with van der Waals surface area (Å²) in [4.78, 5) is 33.8. The van der Waals surface area contributed by atoms with Gasteiger partial charge in [-0.25, -0.2) is 9.78 Å². The number of H-pyrrole nitrogens is 1. The van der Waals surface area contributed by atoms with Crippen LogP contribution in [0.1, 0.15) is 33.5 Å². The van der Waals surface area contributed by atoms with Crippen molar-refractivity contribution in [2.24, 2.45) is 0 Å². The molecule has 26 heavy (non-hydrogen) atoms. The zero-order chi connectivity index (χ0) is 18.7. The lowest BCUT2D eigenvalue weighted by atomic mass is 10.2. The van der Waals surface area contributed by atoms with E-state index in [1.807, 2.05) is 36.6 Å². The first kappa shape index (κ1) is 18.4. The lowest BCUT2D eigenvalue weighted by Crippen LogP contribution is -2.10. The number of rotatable bonds is 5. The molecule has 3 aromatic rings. The van der Waals surface area contributed by atoms with Gasteiger partial charge < -0.3 is 9.72 Å². The predicted molar refractivity (Wildman–Crippen MR) is 108 cm³/mol. The molecular weight excluding hydrogens is 368 g/mol. The van der Waals surface area contributed by atoms with Crippen LogP contribution in [0, 0.1) is 6.92 Å². The molecule has 1 aromatic carbocycles. The minimum atomic E-state index is -0.418. The fraction of sp³-hybridized carbons (Fsp3) is 0.211. The quantitative estimate of drug-likeness (QED) is 0.521. The second-order valence-corrected chi connectivity index (χ2v) is 7.39. The van der Waals surface area contributed by atoms with E-state index in [0.717, 1.165) is 5.56 Å². The summed E-state index contributed by atoms with van der Waals surface area (Å²) in [5, 5.41) is 0.444. The smallest absolute Gasteiger partial charge is 0.348 e. The third kappa shape index (κ3) is 3.73. The van der Waals surface area contributed by atoms with Crippen LogP contribution in [-0.4, -0.2) is 28.8 Å². The number of nitrogens with one attached hydrogen (secondary N) is 1. The van der Waals surface area contributed by atoms with Gasteiger partial charge >= 0.3 is 5.97 Å². The Morgan fingerprint density at radius 2 is 2.04 bits per heavy atom. The summed E-state index contributed by atoms with van der Waals surface area (Å²) in [6, 6.07) is 8.09. The zero-order valence-corrected chi connectivity index (χ0v) is 16.3. The maximum absolute atomic E-state index is 12.4. The molecule has 0 aliphatic carbocycles. The SMILES string of the molecule is CCOC(=O)c1sc2nc(/C=C/c3ccc(SC)cc3)[nH]c(=O)c2c1C. The van der Waals surface area contributed by atoms with Crippen LogP contribution in [0.5, 0.6) is 0 Å². The Balaban J connectivity index is 1.96. The van der Waals surface area contributed by atoms with Gasteiger partial charge in [0.05, 0.1) is 12.0 Å². The Hall–Kier alpha value is -2.38. The summed E-state index contributed by atoms with van der Waals surface area (Å²) in [6.45, 7) is 3.78. The van der Waals surface area contributed by atoms with Gasteiger partial charge in [0.2, 0.25) is 0 Å². The van der Waals surface area contributed by atoms with Crippen molar-refractivity contribution in [3.8, 4) is 0 Å². The topological polar surface area (TPSA) is 72.0 Å². The van der Waals surface area contributed by atoms with Crippen LogP contribution in [0.15, 0.2) is 34.0 Å². The van der Waals surface area contributed by atoms with Gasteiger partial charge in [-0.3, -0.25) is 4.79 Å². The number of hydrogen-bond donors (Lipinski definition) is 1. The third-order valence-corrected chi connectivity index (χ3v) is 5.74. The molecule has 0 unspecified atom stereocenters. The van der Waals surface area contributed by atoms with Crippen molar-refractivity contribution in [2.45, 2.75) is 18.7 Å². The van der Waals surface area contributed by atoms with Gasteiger partial charge in [-0.2, -0.15) is 0 Å². The van der Waals surface area contributed by atoms with Crippen molar-refractivity contribution in [3.63, 3.8) is 0 Å². The fourth-order valence-electron chi connectivity index (χ4n) is 2.52. The molecule has 0 atom stereocenters. The molecule has 0 aliphatic heterocycles. The molecule has 0 radical (unpaired) electrons. The molecular formula is C19H18N2O3S2. The molecule has 134 valence electrons. The molecule has 3 rings (SSSR count). The van der Waals surface area contributed by atoms with Gasteiger partial charge in [0.15, 0.2) is 0 Å². The highest BCUT2D eigenvalue weighted by atomic mass is 32.2. The number of carbonyl (C=O) groups excluding carboxylic acids is 1. The highest BCUT2D eigenvalue weighted by Crippen LogP contribution is 2.27. The van der Waals surface area contributed by atoms with E-state index in [1.54, 1.807) is 31.7 Å². The largest absolute Gasteiger partial charge is 0.462 e. The van der Waals surface area contributed by atoms with Crippen LogP contribution in [0.3, 0.4) is 0 Å². The van der Waals surface area contributed by atoms with Crippen molar-refractivity contribution in [3.05, 3.63) is 56.4 Å².